The van der Waals surface area contributed by atoms with Gasteiger partial charge in [-0.05, 0) is 89.5 Å². The standard InChI is InChI=1S/C62H117N2O7P/c1-7-10-13-16-19-22-25-28-29-30-31-32-33-34-35-37-40-43-46-49-52-55-62(66)71-60(53-50-47-44-41-38-27-24-21-18-15-12-9-3)59(58-70-72(67,68)69-57-56-64(4,5)6)63-61(65)54-51-48-45-42-39-36-26-23-20-17-14-11-8-2/h19,22,28-29,36,39,50,53,59-60H,7-18,20-21,23-27,30-35,37-38,40-49,51-52,54-58H2,1-6H3,(H-,63,65,67,68)/p+1/b22-19-,29-28-,39-36-,53-50-. The van der Waals surface area contributed by atoms with E-state index in [0.717, 1.165) is 77.0 Å². The van der Waals surface area contributed by atoms with Gasteiger partial charge in [-0.15, -0.1) is 0 Å². The molecule has 3 unspecified atom stereocenters. The number of unbranched alkanes of at least 4 members (excludes halogenated alkanes) is 33. The molecular formula is C62H118N2O7P+. The first kappa shape index (κ1) is 70.0. The molecule has 0 aromatic heterocycles. The zero-order valence-corrected chi connectivity index (χ0v) is 49.1. The third kappa shape index (κ3) is 52.8. The van der Waals surface area contributed by atoms with Gasteiger partial charge in [0.2, 0.25) is 5.91 Å². The van der Waals surface area contributed by atoms with Crippen molar-refractivity contribution >= 4 is 19.7 Å². The number of allylic oxidation sites excluding steroid dienone is 7. The van der Waals surface area contributed by atoms with E-state index < -0.39 is 20.0 Å². The minimum absolute atomic E-state index is 0.0377. The van der Waals surface area contributed by atoms with Crippen LogP contribution in [0.15, 0.2) is 48.6 Å². The Morgan fingerprint density at radius 3 is 1.31 bits per heavy atom. The van der Waals surface area contributed by atoms with Crippen LogP contribution in [0.1, 0.15) is 284 Å². The Morgan fingerprint density at radius 1 is 0.486 bits per heavy atom. The molecule has 9 nitrogen and oxygen atoms in total. The Morgan fingerprint density at radius 2 is 0.847 bits per heavy atom. The second-order valence-corrected chi connectivity index (χ2v) is 23.3. The van der Waals surface area contributed by atoms with Gasteiger partial charge < -0.3 is 19.4 Å². The molecule has 10 heteroatoms. The molecule has 0 rings (SSSR count). The molecule has 2 N–H and O–H groups in total. The van der Waals surface area contributed by atoms with Gasteiger partial charge in [0.25, 0.3) is 0 Å². The molecule has 3 atom stereocenters. The topological polar surface area (TPSA) is 111 Å². The molecule has 0 heterocycles. The number of amides is 1. The maximum absolute atomic E-state index is 13.5. The van der Waals surface area contributed by atoms with Gasteiger partial charge >= 0.3 is 13.8 Å². The summed E-state index contributed by atoms with van der Waals surface area (Å²) in [5.41, 5.74) is 0. The first-order valence-electron chi connectivity index (χ1n) is 30.5. The molecule has 1 amide bonds. The minimum atomic E-state index is -4.45. The Hall–Kier alpha value is -2.03. The molecule has 422 valence electrons. The fourth-order valence-corrected chi connectivity index (χ4v) is 9.47. The summed E-state index contributed by atoms with van der Waals surface area (Å²) in [7, 11) is 1.49. The largest absolute Gasteiger partial charge is 0.472 e. The number of quaternary nitrogens is 1. The number of carbonyl (C=O) groups is 2. The van der Waals surface area contributed by atoms with Crippen LogP contribution in [-0.4, -0.2) is 74.3 Å². The smallest absolute Gasteiger partial charge is 0.456 e. The number of nitrogens with one attached hydrogen (secondary N) is 1. The number of phosphoric acid groups is 1. The van der Waals surface area contributed by atoms with Gasteiger partial charge in [0.05, 0.1) is 33.8 Å². The third-order valence-electron chi connectivity index (χ3n) is 13.5. The van der Waals surface area contributed by atoms with Crippen molar-refractivity contribution < 1.29 is 37.3 Å². The summed E-state index contributed by atoms with van der Waals surface area (Å²) in [5, 5.41) is 3.04. The minimum Gasteiger partial charge on any atom is -0.456 e. The predicted molar refractivity (Wildman–Crippen MR) is 309 cm³/mol. The monoisotopic (exact) mass is 1030 g/mol. The molecule has 0 aromatic carbocycles. The Bertz CT molecular complexity index is 1380. The van der Waals surface area contributed by atoms with E-state index in [9.17, 15) is 19.0 Å². The van der Waals surface area contributed by atoms with Crippen molar-refractivity contribution in [3.05, 3.63) is 48.6 Å². The average Bonchev–Trinajstić information content (AvgIpc) is 3.34. The van der Waals surface area contributed by atoms with Gasteiger partial charge in [0, 0.05) is 12.8 Å². The highest BCUT2D eigenvalue weighted by Crippen LogP contribution is 2.43. The van der Waals surface area contributed by atoms with Crippen molar-refractivity contribution in [2.75, 3.05) is 40.9 Å². The van der Waals surface area contributed by atoms with Crippen molar-refractivity contribution in [2.45, 2.75) is 296 Å². The summed E-state index contributed by atoms with van der Waals surface area (Å²) in [6.07, 6.45) is 63.9. The number of rotatable bonds is 55. The number of ether oxygens (including phenoxy) is 1. The van der Waals surface area contributed by atoms with Crippen LogP contribution in [0.3, 0.4) is 0 Å². The zero-order valence-electron chi connectivity index (χ0n) is 48.2. The second kappa shape index (κ2) is 52.4. The fourth-order valence-electron chi connectivity index (χ4n) is 8.73. The van der Waals surface area contributed by atoms with E-state index in [2.05, 4.69) is 62.5 Å². The molecule has 0 fully saturated rings. The number of hydrogen-bond donors (Lipinski definition) is 2. The number of esters is 1. The number of carbonyl (C=O) groups excluding carboxylic acids is 2. The van der Waals surface area contributed by atoms with Gasteiger partial charge in [0.15, 0.2) is 0 Å². The summed E-state index contributed by atoms with van der Waals surface area (Å²) in [6.45, 7) is 6.98. The summed E-state index contributed by atoms with van der Waals surface area (Å²) in [4.78, 5) is 37.6. The van der Waals surface area contributed by atoms with Crippen LogP contribution in [0.2, 0.25) is 0 Å². The van der Waals surface area contributed by atoms with Crippen LogP contribution in [-0.2, 0) is 27.9 Å². The highest BCUT2D eigenvalue weighted by Gasteiger charge is 2.30. The van der Waals surface area contributed by atoms with Crippen molar-refractivity contribution in [1.29, 1.82) is 0 Å². The van der Waals surface area contributed by atoms with Gasteiger partial charge in [-0.3, -0.25) is 18.6 Å². The van der Waals surface area contributed by atoms with Crippen molar-refractivity contribution in [3.8, 4) is 0 Å². The Labute approximate surface area is 446 Å². The van der Waals surface area contributed by atoms with Crippen LogP contribution in [0.25, 0.3) is 0 Å². The van der Waals surface area contributed by atoms with Crippen molar-refractivity contribution in [1.82, 2.24) is 5.32 Å². The summed E-state index contributed by atoms with van der Waals surface area (Å²) in [6, 6.07) is -0.855. The Kier molecular flexibility index (Phi) is 50.9. The van der Waals surface area contributed by atoms with Crippen LogP contribution in [0.5, 0.6) is 0 Å². The zero-order chi connectivity index (χ0) is 52.9. The van der Waals surface area contributed by atoms with Crippen LogP contribution in [0.4, 0.5) is 0 Å². The molecule has 0 aliphatic rings. The summed E-state index contributed by atoms with van der Waals surface area (Å²) < 4.78 is 30.6. The molecule has 0 aliphatic heterocycles. The molecule has 0 bridgehead atoms. The van der Waals surface area contributed by atoms with Gasteiger partial charge in [0.1, 0.15) is 19.3 Å². The van der Waals surface area contributed by atoms with E-state index in [1.54, 1.807) is 0 Å². The number of likely N-dealkylation sites (N-methyl/N-ethyl adjacent to an activating group) is 1. The lowest BCUT2D eigenvalue weighted by molar-refractivity contribution is -0.870. The average molecular weight is 1030 g/mol. The molecule has 0 saturated heterocycles. The molecule has 0 aliphatic carbocycles. The Balaban J connectivity index is 5.23. The maximum atomic E-state index is 13.5. The van der Waals surface area contributed by atoms with E-state index in [0.29, 0.717) is 17.4 Å². The summed E-state index contributed by atoms with van der Waals surface area (Å²) in [5.74, 6) is -0.520. The molecule has 0 aromatic rings. The number of hydrogen-bond acceptors (Lipinski definition) is 6. The highest BCUT2D eigenvalue weighted by molar-refractivity contribution is 7.47. The quantitative estimate of drug-likeness (QED) is 0.0205. The van der Waals surface area contributed by atoms with E-state index in [1.165, 1.54) is 173 Å². The van der Waals surface area contributed by atoms with Gasteiger partial charge in [-0.25, -0.2) is 4.57 Å². The molecule has 72 heavy (non-hydrogen) atoms. The van der Waals surface area contributed by atoms with Crippen LogP contribution in [0, 0.1) is 0 Å². The van der Waals surface area contributed by atoms with Crippen molar-refractivity contribution in [3.63, 3.8) is 0 Å². The number of phosphoric ester groups is 1. The highest BCUT2D eigenvalue weighted by atomic mass is 31.2. The van der Waals surface area contributed by atoms with E-state index in [-0.39, 0.29) is 31.5 Å². The number of nitrogens with zero attached hydrogens (tertiary/aromatic N) is 1. The normalized spacial score (nSPS) is 14.0. The first-order valence-corrected chi connectivity index (χ1v) is 32.0. The molecule has 0 radical (unpaired) electrons. The van der Waals surface area contributed by atoms with E-state index >= 15 is 0 Å². The third-order valence-corrected chi connectivity index (χ3v) is 14.5. The second-order valence-electron chi connectivity index (χ2n) is 21.9. The lowest BCUT2D eigenvalue weighted by atomic mass is 10.0. The summed E-state index contributed by atoms with van der Waals surface area (Å²) >= 11 is 0. The van der Waals surface area contributed by atoms with Gasteiger partial charge in [-0.1, -0.05) is 230 Å². The van der Waals surface area contributed by atoms with Gasteiger partial charge in [-0.2, -0.15) is 0 Å². The van der Waals surface area contributed by atoms with Crippen molar-refractivity contribution in [2.24, 2.45) is 0 Å². The van der Waals surface area contributed by atoms with Crippen LogP contribution >= 0.6 is 7.82 Å². The lowest BCUT2D eigenvalue weighted by Gasteiger charge is -2.27. The molecular weight excluding hydrogens is 916 g/mol. The predicted octanol–water partition coefficient (Wildman–Crippen LogP) is 18.5. The van der Waals surface area contributed by atoms with E-state index in [4.69, 9.17) is 13.8 Å². The SMILES string of the molecule is CCCCC/C=C\C/C=C\CCCCCCCCCCCCCC(=O)OC(/C=C\CCCCCCCCCCCC)C(COP(=O)(O)OCC[N+](C)(C)C)NC(=O)CCCCC/C=C\CCCCCCCC. The maximum Gasteiger partial charge on any atom is 0.472 e. The van der Waals surface area contributed by atoms with E-state index in [1.807, 2.05) is 33.3 Å². The van der Waals surface area contributed by atoms with Crippen LogP contribution < -0.4 is 5.32 Å². The molecule has 0 saturated carbocycles. The molecule has 0 spiro atoms. The fraction of sp³-hybridized carbons (Fsp3) is 0.839. The first-order chi connectivity index (χ1) is 34.9. The lowest BCUT2D eigenvalue weighted by Crippen LogP contribution is -2.47.